The van der Waals surface area contributed by atoms with Crippen LogP contribution in [0, 0.1) is 6.92 Å². The minimum atomic E-state index is 0.673. The van der Waals surface area contributed by atoms with Gasteiger partial charge in [0.1, 0.15) is 11.5 Å². The molecule has 0 spiro atoms. The lowest BCUT2D eigenvalue weighted by atomic mass is 9.99. The Morgan fingerprint density at radius 3 is 2.21 bits per heavy atom. The average molecular weight is 319 g/mol. The third-order valence-corrected chi connectivity index (χ3v) is 3.92. The van der Waals surface area contributed by atoms with Gasteiger partial charge in [-0.3, -0.25) is 0 Å². The van der Waals surface area contributed by atoms with Gasteiger partial charge < -0.3 is 14.5 Å². The second-order valence-electron chi connectivity index (χ2n) is 5.73. The fourth-order valence-corrected chi connectivity index (χ4v) is 2.52. The minimum absolute atomic E-state index is 0.673. The van der Waals surface area contributed by atoms with Gasteiger partial charge >= 0.3 is 0 Å². The number of benzene rings is 2. The predicted molar refractivity (Wildman–Crippen MR) is 98.3 cm³/mol. The van der Waals surface area contributed by atoms with Crippen molar-refractivity contribution in [3.8, 4) is 5.75 Å². The van der Waals surface area contributed by atoms with E-state index < -0.39 is 0 Å². The smallest absolute Gasteiger partial charge is 0.123 e. The van der Waals surface area contributed by atoms with Crippen LogP contribution in [0.4, 0.5) is 5.69 Å². The van der Waals surface area contributed by atoms with E-state index >= 15 is 0 Å². The van der Waals surface area contributed by atoms with Gasteiger partial charge in [0.2, 0.25) is 0 Å². The SMILES string of the molecule is C=C(c1ccc(NCc2cc(C)co2)cc1)c1ccc(OC)cc1. The molecule has 24 heavy (non-hydrogen) atoms. The summed E-state index contributed by atoms with van der Waals surface area (Å²) in [4.78, 5) is 0. The van der Waals surface area contributed by atoms with Crippen molar-refractivity contribution in [3.63, 3.8) is 0 Å². The molecule has 3 aromatic rings. The van der Waals surface area contributed by atoms with Gasteiger partial charge in [-0.05, 0) is 59.5 Å². The molecule has 0 radical (unpaired) electrons. The second-order valence-corrected chi connectivity index (χ2v) is 5.73. The molecule has 0 fully saturated rings. The van der Waals surface area contributed by atoms with Crippen molar-refractivity contribution >= 4 is 11.3 Å². The van der Waals surface area contributed by atoms with Gasteiger partial charge in [-0.25, -0.2) is 0 Å². The molecule has 0 saturated heterocycles. The van der Waals surface area contributed by atoms with Crippen molar-refractivity contribution in [2.75, 3.05) is 12.4 Å². The zero-order chi connectivity index (χ0) is 16.9. The number of rotatable bonds is 6. The standard InChI is InChI=1S/C21H21NO2/c1-15-12-21(24-14-15)13-22-19-8-4-17(5-9-19)16(2)18-6-10-20(23-3)11-7-18/h4-12,14,22H,2,13H2,1,3H3. The average Bonchev–Trinajstić information content (AvgIpc) is 3.05. The van der Waals surface area contributed by atoms with Gasteiger partial charge in [-0.1, -0.05) is 30.8 Å². The van der Waals surface area contributed by atoms with E-state index in [1.807, 2.05) is 37.3 Å². The Kier molecular flexibility index (Phi) is 4.71. The number of nitrogens with one attached hydrogen (secondary N) is 1. The molecule has 1 aromatic heterocycles. The summed E-state index contributed by atoms with van der Waals surface area (Å²) in [6.45, 7) is 6.89. The minimum Gasteiger partial charge on any atom is -0.497 e. The maximum atomic E-state index is 5.44. The summed E-state index contributed by atoms with van der Waals surface area (Å²) in [7, 11) is 1.67. The molecule has 0 aliphatic rings. The van der Waals surface area contributed by atoms with Crippen LogP contribution in [0.1, 0.15) is 22.5 Å². The number of anilines is 1. The first-order chi connectivity index (χ1) is 11.7. The molecular formula is C21H21NO2. The zero-order valence-corrected chi connectivity index (χ0v) is 14.0. The fraction of sp³-hybridized carbons (Fsp3) is 0.143. The van der Waals surface area contributed by atoms with Crippen LogP contribution >= 0.6 is 0 Å². The number of hydrogen-bond acceptors (Lipinski definition) is 3. The summed E-state index contributed by atoms with van der Waals surface area (Å²) in [5, 5.41) is 3.36. The maximum absolute atomic E-state index is 5.44. The summed E-state index contributed by atoms with van der Waals surface area (Å²) in [5.41, 5.74) is 5.36. The number of ether oxygens (including phenoxy) is 1. The Bertz CT molecular complexity index is 814. The molecular weight excluding hydrogens is 298 g/mol. The highest BCUT2D eigenvalue weighted by Crippen LogP contribution is 2.25. The monoisotopic (exact) mass is 319 g/mol. The lowest BCUT2D eigenvalue weighted by Crippen LogP contribution is -1.98. The molecule has 0 aliphatic heterocycles. The summed E-state index contributed by atoms with van der Waals surface area (Å²) >= 11 is 0. The Morgan fingerprint density at radius 2 is 1.67 bits per heavy atom. The molecule has 2 aromatic carbocycles. The van der Waals surface area contributed by atoms with Crippen LogP contribution in [-0.2, 0) is 6.54 Å². The van der Waals surface area contributed by atoms with Crippen LogP contribution in [0.25, 0.3) is 5.57 Å². The topological polar surface area (TPSA) is 34.4 Å². The highest BCUT2D eigenvalue weighted by Gasteiger charge is 2.04. The van der Waals surface area contributed by atoms with Gasteiger partial charge in [0.15, 0.2) is 0 Å². The van der Waals surface area contributed by atoms with Crippen LogP contribution < -0.4 is 10.1 Å². The Balaban J connectivity index is 1.65. The Labute approximate surface area is 142 Å². The summed E-state index contributed by atoms with van der Waals surface area (Å²) in [6, 6.07) is 18.2. The summed E-state index contributed by atoms with van der Waals surface area (Å²) < 4.78 is 10.6. The van der Waals surface area contributed by atoms with Crippen LogP contribution in [-0.4, -0.2) is 7.11 Å². The molecule has 3 nitrogen and oxygen atoms in total. The van der Waals surface area contributed by atoms with E-state index in [2.05, 4.69) is 36.2 Å². The molecule has 0 saturated carbocycles. The van der Waals surface area contributed by atoms with E-state index in [0.29, 0.717) is 6.54 Å². The highest BCUT2D eigenvalue weighted by atomic mass is 16.5. The normalized spacial score (nSPS) is 10.4. The van der Waals surface area contributed by atoms with E-state index in [4.69, 9.17) is 9.15 Å². The molecule has 0 amide bonds. The molecule has 3 rings (SSSR count). The molecule has 0 aliphatic carbocycles. The van der Waals surface area contributed by atoms with Crippen LogP contribution in [0.2, 0.25) is 0 Å². The van der Waals surface area contributed by atoms with Crippen molar-refractivity contribution in [1.29, 1.82) is 0 Å². The lowest BCUT2D eigenvalue weighted by molar-refractivity contribution is 0.415. The first-order valence-corrected chi connectivity index (χ1v) is 7.87. The van der Waals surface area contributed by atoms with Crippen molar-refractivity contribution in [2.45, 2.75) is 13.5 Å². The number of aryl methyl sites for hydroxylation is 1. The van der Waals surface area contributed by atoms with E-state index in [1.54, 1.807) is 13.4 Å². The molecule has 122 valence electrons. The van der Waals surface area contributed by atoms with Gasteiger partial charge in [0.05, 0.1) is 19.9 Å². The second kappa shape index (κ2) is 7.09. The van der Waals surface area contributed by atoms with Crippen LogP contribution in [0.3, 0.4) is 0 Å². The molecule has 1 heterocycles. The van der Waals surface area contributed by atoms with Gasteiger partial charge in [-0.2, -0.15) is 0 Å². The van der Waals surface area contributed by atoms with Gasteiger partial charge in [0, 0.05) is 5.69 Å². The zero-order valence-electron chi connectivity index (χ0n) is 14.0. The number of hydrogen-bond donors (Lipinski definition) is 1. The highest BCUT2D eigenvalue weighted by molar-refractivity contribution is 5.78. The van der Waals surface area contributed by atoms with Crippen LogP contribution in [0.5, 0.6) is 5.75 Å². The molecule has 0 unspecified atom stereocenters. The summed E-state index contributed by atoms with van der Waals surface area (Å²) in [5.74, 6) is 1.78. The maximum Gasteiger partial charge on any atom is 0.123 e. The van der Waals surface area contributed by atoms with Gasteiger partial charge in [-0.15, -0.1) is 0 Å². The fourth-order valence-electron chi connectivity index (χ4n) is 2.52. The number of methoxy groups -OCH3 is 1. The molecule has 3 heteroatoms. The molecule has 0 bridgehead atoms. The van der Waals surface area contributed by atoms with Crippen molar-refractivity contribution in [1.82, 2.24) is 0 Å². The van der Waals surface area contributed by atoms with E-state index in [1.165, 1.54) is 0 Å². The number of furan rings is 1. The Morgan fingerprint density at radius 1 is 1.04 bits per heavy atom. The third kappa shape index (κ3) is 3.69. The molecule has 0 atom stereocenters. The van der Waals surface area contributed by atoms with Crippen molar-refractivity contribution in [3.05, 3.63) is 89.9 Å². The first kappa shape index (κ1) is 15.9. The quantitative estimate of drug-likeness (QED) is 0.672. The predicted octanol–water partition coefficient (Wildman–Crippen LogP) is 5.27. The van der Waals surface area contributed by atoms with Crippen LogP contribution in [0.15, 0.2) is 71.9 Å². The lowest BCUT2D eigenvalue weighted by Gasteiger charge is -2.09. The molecule has 1 N–H and O–H groups in total. The third-order valence-electron chi connectivity index (χ3n) is 3.92. The summed E-state index contributed by atoms with van der Waals surface area (Å²) in [6.07, 6.45) is 1.76. The Hall–Kier alpha value is -2.94. The van der Waals surface area contributed by atoms with E-state index in [-0.39, 0.29) is 0 Å². The van der Waals surface area contributed by atoms with Gasteiger partial charge in [0.25, 0.3) is 0 Å². The first-order valence-electron chi connectivity index (χ1n) is 7.87. The largest absolute Gasteiger partial charge is 0.497 e. The van der Waals surface area contributed by atoms with Crippen molar-refractivity contribution in [2.24, 2.45) is 0 Å². The van der Waals surface area contributed by atoms with E-state index in [9.17, 15) is 0 Å². The van der Waals surface area contributed by atoms with E-state index in [0.717, 1.165) is 39.5 Å². The van der Waals surface area contributed by atoms with Crippen molar-refractivity contribution < 1.29 is 9.15 Å².